The van der Waals surface area contributed by atoms with Gasteiger partial charge in [-0.05, 0) is 54.6 Å². The Bertz CT molecular complexity index is 1530. The van der Waals surface area contributed by atoms with Gasteiger partial charge in [0.15, 0.2) is 4.80 Å². The topological polar surface area (TPSA) is 80.5 Å². The molecule has 1 N–H and O–H groups in total. The Kier molecular flexibility index (Phi) is 6.15. The minimum absolute atomic E-state index is 0.0592. The molecule has 0 saturated heterocycles. The Hall–Kier alpha value is -3.38. The number of rotatable bonds is 5. The van der Waals surface area contributed by atoms with Gasteiger partial charge in [0.25, 0.3) is 15.9 Å². The molecule has 0 aliphatic carbocycles. The van der Waals surface area contributed by atoms with Crippen LogP contribution in [-0.2, 0) is 16.6 Å². The van der Waals surface area contributed by atoms with E-state index in [9.17, 15) is 13.2 Å². The van der Waals surface area contributed by atoms with Crippen LogP contribution in [0.2, 0.25) is 5.02 Å². The van der Waals surface area contributed by atoms with Crippen LogP contribution in [0.4, 0.5) is 5.69 Å². The zero-order valence-corrected chi connectivity index (χ0v) is 18.9. The maximum absolute atomic E-state index is 12.9. The number of hydrogen-bond acceptors (Lipinski definition) is 4. The zero-order valence-electron chi connectivity index (χ0n) is 16.5. The zero-order chi connectivity index (χ0) is 22.7. The van der Waals surface area contributed by atoms with Gasteiger partial charge in [-0.15, -0.1) is 6.42 Å². The van der Waals surface area contributed by atoms with E-state index >= 15 is 0 Å². The summed E-state index contributed by atoms with van der Waals surface area (Å²) in [4.78, 5) is 17.6. The van der Waals surface area contributed by atoms with Crippen molar-refractivity contribution in [1.29, 1.82) is 0 Å². The van der Waals surface area contributed by atoms with Crippen LogP contribution in [-0.4, -0.2) is 18.9 Å². The first-order valence-electron chi connectivity index (χ1n) is 9.37. The molecule has 1 aromatic heterocycles. The predicted molar refractivity (Wildman–Crippen MR) is 127 cm³/mol. The molecule has 0 aliphatic rings. The predicted octanol–water partition coefficient (Wildman–Crippen LogP) is 4.53. The highest BCUT2D eigenvalue weighted by molar-refractivity contribution is 7.92. The number of nitrogens with one attached hydrogen (secondary N) is 1. The van der Waals surface area contributed by atoms with Crippen LogP contribution in [0.25, 0.3) is 10.2 Å². The van der Waals surface area contributed by atoms with Gasteiger partial charge in [0.05, 0.1) is 21.7 Å². The molecule has 0 spiro atoms. The van der Waals surface area contributed by atoms with Crippen molar-refractivity contribution in [2.24, 2.45) is 4.99 Å². The van der Waals surface area contributed by atoms with E-state index in [0.717, 1.165) is 10.2 Å². The van der Waals surface area contributed by atoms with Gasteiger partial charge in [0.1, 0.15) is 0 Å². The van der Waals surface area contributed by atoms with Gasteiger partial charge < -0.3 is 4.57 Å². The summed E-state index contributed by atoms with van der Waals surface area (Å²) in [6.45, 7) is 0.275. The largest absolute Gasteiger partial charge is 0.305 e. The molecule has 0 atom stereocenters. The van der Waals surface area contributed by atoms with E-state index in [4.69, 9.17) is 18.0 Å². The van der Waals surface area contributed by atoms with Gasteiger partial charge in [0.2, 0.25) is 0 Å². The van der Waals surface area contributed by atoms with Gasteiger partial charge >= 0.3 is 0 Å². The summed E-state index contributed by atoms with van der Waals surface area (Å²) < 4.78 is 30.5. The van der Waals surface area contributed by atoms with Crippen molar-refractivity contribution >= 4 is 54.8 Å². The molecule has 0 aliphatic heterocycles. The number of halogens is 1. The Labute approximate surface area is 193 Å². The molecule has 0 fully saturated rings. The fraction of sp³-hybridized carbons (Fsp3) is 0.0435. The summed E-state index contributed by atoms with van der Waals surface area (Å²) in [5.41, 5.74) is 1.38. The summed E-state index contributed by atoms with van der Waals surface area (Å²) in [5.74, 6) is 2.08. The van der Waals surface area contributed by atoms with Crippen LogP contribution >= 0.6 is 22.9 Å². The van der Waals surface area contributed by atoms with E-state index in [1.54, 1.807) is 22.8 Å². The number of benzene rings is 3. The summed E-state index contributed by atoms with van der Waals surface area (Å²) in [6.07, 6.45) is 5.49. The van der Waals surface area contributed by atoms with Gasteiger partial charge in [-0.1, -0.05) is 47.1 Å². The van der Waals surface area contributed by atoms with Gasteiger partial charge in [-0.2, -0.15) is 4.99 Å². The molecule has 4 aromatic rings. The Balaban J connectivity index is 1.66. The first-order valence-corrected chi connectivity index (χ1v) is 12.0. The average molecular weight is 482 g/mol. The normalized spacial score (nSPS) is 11.9. The number of aromatic nitrogens is 1. The lowest BCUT2D eigenvalue weighted by Crippen LogP contribution is -2.16. The van der Waals surface area contributed by atoms with Crippen LogP contribution in [0.1, 0.15) is 10.4 Å². The fourth-order valence-electron chi connectivity index (χ4n) is 3.05. The lowest BCUT2D eigenvalue weighted by atomic mass is 10.2. The molecule has 0 saturated carbocycles. The summed E-state index contributed by atoms with van der Waals surface area (Å²) in [5, 5.41) is 0.432. The van der Waals surface area contributed by atoms with Crippen molar-refractivity contribution in [3.63, 3.8) is 0 Å². The SMILES string of the molecule is C#CCn1c(=NC(=O)c2cccc(NS(=O)(=O)c3ccc(Cl)cc3)c2)sc2ccccc21. The van der Waals surface area contributed by atoms with Crippen LogP contribution in [0.5, 0.6) is 0 Å². The number of hydrogen-bond donors (Lipinski definition) is 1. The van der Waals surface area contributed by atoms with Crippen molar-refractivity contribution in [1.82, 2.24) is 4.57 Å². The molecular formula is C23H16ClN3O3S2. The number of carbonyl (C=O) groups excluding carboxylic acids is 1. The summed E-state index contributed by atoms with van der Waals surface area (Å²) >= 11 is 7.18. The number of fused-ring (bicyclic) bond motifs is 1. The van der Waals surface area contributed by atoms with Crippen LogP contribution in [0.3, 0.4) is 0 Å². The van der Waals surface area contributed by atoms with Crippen LogP contribution < -0.4 is 9.52 Å². The second-order valence-corrected chi connectivity index (χ2v) is 9.83. The molecule has 6 nitrogen and oxygen atoms in total. The van der Waals surface area contributed by atoms with E-state index in [0.29, 0.717) is 9.82 Å². The Morgan fingerprint density at radius 3 is 2.59 bits per heavy atom. The first-order chi connectivity index (χ1) is 15.4. The highest BCUT2D eigenvalue weighted by Gasteiger charge is 2.15. The summed E-state index contributed by atoms with van der Waals surface area (Å²) in [6, 6.07) is 19.6. The third-order valence-electron chi connectivity index (χ3n) is 4.52. The highest BCUT2D eigenvalue weighted by atomic mass is 35.5. The molecule has 160 valence electrons. The second-order valence-electron chi connectivity index (χ2n) is 6.70. The van der Waals surface area contributed by atoms with Crippen molar-refractivity contribution in [3.8, 4) is 12.3 Å². The smallest absolute Gasteiger partial charge is 0.279 e. The molecule has 1 amide bonds. The van der Waals surface area contributed by atoms with Gasteiger partial charge in [-0.3, -0.25) is 9.52 Å². The number of terminal acetylenes is 1. The highest BCUT2D eigenvalue weighted by Crippen LogP contribution is 2.20. The number of thiazole rings is 1. The Morgan fingerprint density at radius 1 is 1.09 bits per heavy atom. The fourth-order valence-corrected chi connectivity index (χ4v) is 5.25. The van der Waals surface area contributed by atoms with Crippen molar-refractivity contribution in [2.75, 3.05) is 4.72 Å². The molecule has 9 heteroatoms. The van der Waals surface area contributed by atoms with Crippen molar-refractivity contribution in [3.05, 3.63) is 88.2 Å². The van der Waals surface area contributed by atoms with E-state index in [2.05, 4.69) is 15.6 Å². The number of carbonyl (C=O) groups is 1. The Morgan fingerprint density at radius 2 is 1.84 bits per heavy atom. The number of para-hydroxylation sites is 1. The second kappa shape index (κ2) is 9.01. The lowest BCUT2D eigenvalue weighted by molar-refractivity contribution is 0.0998. The van der Waals surface area contributed by atoms with E-state index in [1.807, 2.05) is 24.3 Å². The van der Waals surface area contributed by atoms with Gasteiger partial charge in [0, 0.05) is 16.3 Å². The molecule has 0 unspecified atom stereocenters. The first kappa shape index (κ1) is 21.8. The monoisotopic (exact) mass is 481 g/mol. The number of sulfonamides is 1. The average Bonchev–Trinajstić information content (AvgIpc) is 3.11. The standard InChI is InChI=1S/C23H16ClN3O3S2/c1-2-14-27-20-8-3-4-9-21(20)31-23(27)25-22(28)16-6-5-7-18(15-16)26-32(29,30)19-12-10-17(24)11-13-19/h1,3-13,15,26H,14H2. The molecule has 1 heterocycles. The molecule has 4 rings (SSSR count). The van der Waals surface area contributed by atoms with Crippen LogP contribution in [0.15, 0.2) is 82.7 Å². The lowest BCUT2D eigenvalue weighted by Gasteiger charge is -2.09. The molecule has 3 aromatic carbocycles. The summed E-state index contributed by atoms with van der Waals surface area (Å²) in [7, 11) is -3.84. The third kappa shape index (κ3) is 4.60. The maximum Gasteiger partial charge on any atom is 0.279 e. The van der Waals surface area contributed by atoms with Gasteiger partial charge in [-0.25, -0.2) is 8.42 Å². The third-order valence-corrected chi connectivity index (χ3v) is 7.23. The molecule has 0 bridgehead atoms. The number of anilines is 1. The van der Waals surface area contributed by atoms with E-state index < -0.39 is 15.9 Å². The molecular weight excluding hydrogens is 466 g/mol. The number of nitrogens with zero attached hydrogens (tertiary/aromatic N) is 2. The molecule has 0 radical (unpaired) electrons. The quantitative estimate of drug-likeness (QED) is 0.425. The number of amides is 1. The van der Waals surface area contributed by atoms with Crippen molar-refractivity contribution < 1.29 is 13.2 Å². The van der Waals surface area contributed by atoms with E-state index in [1.165, 1.54) is 41.7 Å². The van der Waals surface area contributed by atoms with Crippen LogP contribution in [0, 0.1) is 12.3 Å². The molecule has 32 heavy (non-hydrogen) atoms. The van der Waals surface area contributed by atoms with E-state index in [-0.39, 0.29) is 22.7 Å². The minimum Gasteiger partial charge on any atom is -0.305 e. The maximum atomic E-state index is 12.9. The minimum atomic E-state index is -3.84. The van der Waals surface area contributed by atoms with Crippen molar-refractivity contribution in [2.45, 2.75) is 11.4 Å².